The summed E-state index contributed by atoms with van der Waals surface area (Å²) < 4.78 is 72.0. The largest absolute Gasteiger partial charge is 0.453 e. The number of hydrogen-bond donors (Lipinski definition) is 1. The minimum Gasteiger partial charge on any atom is -0.453 e. The highest BCUT2D eigenvalue weighted by atomic mass is 32.2. The molecule has 6 nitrogen and oxygen atoms in total. The zero-order valence-electron chi connectivity index (χ0n) is 13.9. The Labute approximate surface area is 157 Å². The first-order valence-corrected chi connectivity index (χ1v) is 9.08. The van der Waals surface area contributed by atoms with Crippen molar-refractivity contribution in [2.75, 3.05) is 4.72 Å². The van der Waals surface area contributed by atoms with E-state index >= 15 is 0 Å². The molecule has 0 atom stereocenters. The Morgan fingerprint density at radius 2 is 1.71 bits per heavy atom. The summed E-state index contributed by atoms with van der Waals surface area (Å²) in [5, 5.41) is 9.26. The smallest absolute Gasteiger partial charge is 0.263 e. The zero-order chi connectivity index (χ0) is 20.3. The molecule has 0 bridgehead atoms. The molecule has 0 radical (unpaired) electrons. The molecule has 10 heteroatoms. The Hall–Kier alpha value is -3.58. The first kappa shape index (κ1) is 19.2. The van der Waals surface area contributed by atoms with Crippen LogP contribution in [0.3, 0.4) is 0 Å². The Bertz CT molecular complexity index is 1180. The summed E-state index contributed by atoms with van der Waals surface area (Å²) in [6.45, 7) is 0. The van der Waals surface area contributed by atoms with Crippen LogP contribution < -0.4 is 9.46 Å². The molecule has 1 heterocycles. The minimum absolute atomic E-state index is 0.123. The van der Waals surface area contributed by atoms with Crippen molar-refractivity contribution in [2.45, 2.75) is 4.90 Å². The zero-order valence-corrected chi connectivity index (χ0v) is 14.7. The maximum Gasteiger partial charge on any atom is 0.263 e. The van der Waals surface area contributed by atoms with Gasteiger partial charge in [0.15, 0.2) is 11.6 Å². The summed E-state index contributed by atoms with van der Waals surface area (Å²) in [5.74, 6) is -2.98. The highest BCUT2D eigenvalue weighted by molar-refractivity contribution is 7.92. The molecule has 28 heavy (non-hydrogen) atoms. The van der Waals surface area contributed by atoms with E-state index in [4.69, 9.17) is 4.74 Å². The molecular formula is C18H10F3N3O3S. The van der Waals surface area contributed by atoms with Crippen molar-refractivity contribution >= 4 is 15.8 Å². The number of aromatic nitrogens is 1. The van der Waals surface area contributed by atoms with Crippen molar-refractivity contribution in [3.05, 3.63) is 77.7 Å². The molecule has 1 aromatic heterocycles. The monoisotopic (exact) mass is 405 g/mol. The van der Waals surface area contributed by atoms with E-state index < -0.39 is 33.2 Å². The van der Waals surface area contributed by atoms with Crippen LogP contribution in [0.25, 0.3) is 0 Å². The first-order valence-electron chi connectivity index (χ1n) is 7.60. The van der Waals surface area contributed by atoms with Crippen molar-refractivity contribution < 1.29 is 26.3 Å². The average Bonchev–Trinajstić information content (AvgIpc) is 2.66. The third kappa shape index (κ3) is 4.21. The van der Waals surface area contributed by atoms with Crippen LogP contribution in [0, 0.1) is 28.8 Å². The lowest BCUT2D eigenvalue weighted by Crippen LogP contribution is -2.14. The predicted octanol–water partition coefficient (Wildman–Crippen LogP) is 3.96. The van der Waals surface area contributed by atoms with E-state index in [2.05, 4.69) is 9.71 Å². The third-order valence-corrected chi connectivity index (χ3v) is 4.81. The van der Waals surface area contributed by atoms with Gasteiger partial charge in [-0.05, 0) is 42.5 Å². The van der Waals surface area contributed by atoms with Gasteiger partial charge in [-0.15, -0.1) is 0 Å². The third-order valence-electron chi connectivity index (χ3n) is 3.46. The molecule has 0 saturated carbocycles. The maximum absolute atomic E-state index is 13.7. The molecule has 142 valence electrons. The predicted molar refractivity (Wildman–Crippen MR) is 92.6 cm³/mol. The second-order valence-corrected chi connectivity index (χ2v) is 7.10. The SMILES string of the molecule is N#Cc1cc(S(=O)(=O)Nc2ccc(F)cn2)ccc1Oc1cc(F)ccc1F. The van der Waals surface area contributed by atoms with E-state index in [0.717, 1.165) is 54.7 Å². The summed E-state index contributed by atoms with van der Waals surface area (Å²) in [6.07, 6.45) is 0.836. The second kappa shape index (κ2) is 7.58. The van der Waals surface area contributed by atoms with Crippen molar-refractivity contribution in [1.29, 1.82) is 5.26 Å². The van der Waals surface area contributed by atoms with E-state index in [1.54, 1.807) is 6.07 Å². The summed E-state index contributed by atoms with van der Waals surface area (Å²) >= 11 is 0. The van der Waals surface area contributed by atoms with Gasteiger partial charge in [0.1, 0.15) is 29.3 Å². The van der Waals surface area contributed by atoms with Gasteiger partial charge in [-0.25, -0.2) is 26.6 Å². The number of rotatable bonds is 5. The lowest BCUT2D eigenvalue weighted by molar-refractivity contribution is 0.435. The van der Waals surface area contributed by atoms with Gasteiger partial charge in [0.05, 0.1) is 16.7 Å². The molecule has 0 fully saturated rings. The number of anilines is 1. The number of hydrogen-bond acceptors (Lipinski definition) is 5. The lowest BCUT2D eigenvalue weighted by atomic mass is 10.2. The molecule has 0 unspecified atom stereocenters. The summed E-state index contributed by atoms with van der Waals surface area (Å²) in [6, 6.07) is 9.68. The van der Waals surface area contributed by atoms with Gasteiger partial charge < -0.3 is 4.74 Å². The van der Waals surface area contributed by atoms with Gasteiger partial charge in [0, 0.05) is 6.07 Å². The van der Waals surface area contributed by atoms with E-state index in [1.807, 2.05) is 0 Å². The fraction of sp³-hybridized carbons (Fsp3) is 0. The van der Waals surface area contributed by atoms with Crippen molar-refractivity contribution in [1.82, 2.24) is 4.98 Å². The topological polar surface area (TPSA) is 92.1 Å². The van der Waals surface area contributed by atoms with Gasteiger partial charge in [0.2, 0.25) is 0 Å². The van der Waals surface area contributed by atoms with Crippen molar-refractivity contribution in [2.24, 2.45) is 0 Å². The standard InChI is InChI=1S/C18H10F3N3O3S/c19-12-1-4-15(21)17(8-12)27-16-5-3-14(7-11(16)9-22)28(25,26)24-18-6-2-13(20)10-23-18/h1-8,10H,(H,23,24). The van der Waals surface area contributed by atoms with Crippen LogP contribution in [-0.2, 0) is 10.0 Å². The van der Waals surface area contributed by atoms with Crippen LogP contribution in [0.2, 0.25) is 0 Å². The Morgan fingerprint density at radius 3 is 2.39 bits per heavy atom. The Kier molecular flexibility index (Phi) is 5.19. The van der Waals surface area contributed by atoms with Gasteiger partial charge in [0.25, 0.3) is 10.0 Å². The quantitative estimate of drug-likeness (QED) is 0.694. The van der Waals surface area contributed by atoms with Crippen LogP contribution in [0.5, 0.6) is 11.5 Å². The molecule has 3 aromatic rings. The van der Waals surface area contributed by atoms with E-state index in [-0.39, 0.29) is 22.0 Å². The molecule has 0 amide bonds. The fourth-order valence-electron chi connectivity index (χ4n) is 2.16. The van der Waals surface area contributed by atoms with E-state index in [1.165, 1.54) is 0 Å². The number of pyridine rings is 1. The molecule has 2 aromatic carbocycles. The molecule has 0 saturated heterocycles. The molecule has 3 rings (SSSR count). The summed E-state index contributed by atoms with van der Waals surface area (Å²) in [4.78, 5) is 3.29. The van der Waals surface area contributed by atoms with Gasteiger partial charge in [-0.2, -0.15) is 5.26 Å². The maximum atomic E-state index is 13.7. The molecule has 0 aliphatic rings. The minimum atomic E-state index is -4.14. The number of benzene rings is 2. The second-order valence-electron chi connectivity index (χ2n) is 5.41. The molecular weight excluding hydrogens is 395 g/mol. The van der Waals surface area contributed by atoms with E-state index in [0.29, 0.717) is 0 Å². The number of nitrogens with one attached hydrogen (secondary N) is 1. The van der Waals surface area contributed by atoms with Crippen molar-refractivity contribution in [3.8, 4) is 17.6 Å². The summed E-state index contributed by atoms with van der Waals surface area (Å²) in [7, 11) is -4.14. The molecule has 0 aliphatic carbocycles. The Morgan fingerprint density at radius 1 is 0.964 bits per heavy atom. The number of halogens is 3. The lowest BCUT2D eigenvalue weighted by Gasteiger charge is -2.11. The number of ether oxygens (including phenoxy) is 1. The number of nitriles is 1. The Balaban J connectivity index is 1.91. The molecule has 1 N–H and O–H groups in total. The van der Waals surface area contributed by atoms with Crippen molar-refractivity contribution in [3.63, 3.8) is 0 Å². The van der Waals surface area contributed by atoms with Crippen LogP contribution in [0.4, 0.5) is 19.0 Å². The van der Waals surface area contributed by atoms with Crippen LogP contribution in [-0.4, -0.2) is 13.4 Å². The molecule has 0 spiro atoms. The normalized spacial score (nSPS) is 10.9. The van der Waals surface area contributed by atoms with Crippen LogP contribution >= 0.6 is 0 Å². The van der Waals surface area contributed by atoms with Crippen LogP contribution in [0.15, 0.2) is 59.6 Å². The van der Waals surface area contributed by atoms with Gasteiger partial charge in [-0.3, -0.25) is 4.72 Å². The fourth-order valence-corrected chi connectivity index (χ4v) is 3.19. The highest BCUT2D eigenvalue weighted by Crippen LogP contribution is 2.30. The van der Waals surface area contributed by atoms with E-state index in [9.17, 15) is 26.9 Å². The van der Waals surface area contributed by atoms with Gasteiger partial charge >= 0.3 is 0 Å². The number of nitrogens with zero attached hydrogens (tertiary/aromatic N) is 2. The number of sulfonamides is 1. The first-order chi connectivity index (χ1) is 13.3. The highest BCUT2D eigenvalue weighted by Gasteiger charge is 2.18. The van der Waals surface area contributed by atoms with Crippen LogP contribution in [0.1, 0.15) is 5.56 Å². The molecule has 0 aliphatic heterocycles. The van der Waals surface area contributed by atoms with Gasteiger partial charge in [-0.1, -0.05) is 0 Å². The summed E-state index contributed by atoms with van der Waals surface area (Å²) in [5.41, 5.74) is -0.224. The average molecular weight is 405 g/mol.